The van der Waals surface area contributed by atoms with Gasteiger partial charge in [-0.1, -0.05) is 60.7 Å². The summed E-state index contributed by atoms with van der Waals surface area (Å²) in [5.74, 6) is 0.473. The molecule has 1 heterocycles. The Morgan fingerprint density at radius 1 is 1.03 bits per heavy atom. The minimum Gasteiger partial charge on any atom is -0.487 e. The van der Waals surface area contributed by atoms with Gasteiger partial charge in [0, 0.05) is 13.5 Å². The van der Waals surface area contributed by atoms with E-state index in [9.17, 15) is 9.59 Å². The molecule has 1 unspecified atom stereocenters. The van der Waals surface area contributed by atoms with E-state index in [0.29, 0.717) is 24.6 Å². The number of amides is 2. The van der Waals surface area contributed by atoms with Crippen molar-refractivity contribution in [2.24, 2.45) is 0 Å². The van der Waals surface area contributed by atoms with E-state index in [-0.39, 0.29) is 24.3 Å². The van der Waals surface area contributed by atoms with Gasteiger partial charge in [-0.15, -0.1) is 0 Å². The van der Waals surface area contributed by atoms with E-state index < -0.39 is 0 Å². The van der Waals surface area contributed by atoms with Crippen molar-refractivity contribution < 1.29 is 14.3 Å². The highest BCUT2D eigenvalue weighted by Crippen LogP contribution is 2.33. The second kappa shape index (κ2) is 9.69. The van der Waals surface area contributed by atoms with Crippen LogP contribution in [-0.2, 0) is 22.6 Å². The molecule has 5 heteroatoms. The zero-order valence-electron chi connectivity index (χ0n) is 18.5. The third kappa shape index (κ3) is 4.99. The Kier molecular flexibility index (Phi) is 6.55. The second-order valence-electron chi connectivity index (χ2n) is 8.20. The number of anilines is 1. The van der Waals surface area contributed by atoms with Crippen LogP contribution in [0.1, 0.15) is 41.6 Å². The van der Waals surface area contributed by atoms with E-state index in [0.717, 1.165) is 23.1 Å². The van der Waals surface area contributed by atoms with Crippen molar-refractivity contribution in [2.45, 2.75) is 39.3 Å². The van der Waals surface area contributed by atoms with Crippen LogP contribution in [0.3, 0.4) is 0 Å². The maximum Gasteiger partial charge on any atom is 0.226 e. The number of carbonyl (C=O) groups excluding carboxylic acids is 2. The van der Waals surface area contributed by atoms with Gasteiger partial charge in [0.2, 0.25) is 11.8 Å². The second-order valence-corrected chi connectivity index (χ2v) is 8.20. The van der Waals surface area contributed by atoms with Crippen LogP contribution >= 0.6 is 0 Å². The number of nitrogens with zero attached hydrogens (tertiary/aromatic N) is 1. The van der Waals surface area contributed by atoms with E-state index in [1.165, 1.54) is 5.56 Å². The molecule has 1 aliphatic rings. The molecule has 32 heavy (non-hydrogen) atoms. The van der Waals surface area contributed by atoms with E-state index in [1.807, 2.05) is 73.7 Å². The fraction of sp³-hybridized carbons (Fsp3) is 0.259. The van der Waals surface area contributed by atoms with Gasteiger partial charge in [-0.25, -0.2) is 0 Å². The van der Waals surface area contributed by atoms with Gasteiger partial charge in [-0.3, -0.25) is 9.59 Å². The molecule has 0 fully saturated rings. The van der Waals surface area contributed by atoms with Crippen LogP contribution in [0.15, 0.2) is 72.8 Å². The Bertz CT molecular complexity index is 1110. The van der Waals surface area contributed by atoms with Crippen LogP contribution < -0.4 is 10.1 Å². The molecule has 0 bridgehead atoms. The summed E-state index contributed by atoms with van der Waals surface area (Å²) >= 11 is 0. The first-order chi connectivity index (χ1) is 15.5. The zero-order chi connectivity index (χ0) is 22.5. The number of benzene rings is 3. The highest BCUT2D eigenvalue weighted by molar-refractivity contribution is 5.93. The minimum absolute atomic E-state index is 0.0143. The summed E-state index contributed by atoms with van der Waals surface area (Å²) in [4.78, 5) is 27.1. The summed E-state index contributed by atoms with van der Waals surface area (Å²) in [7, 11) is 0. The average molecular weight is 429 g/mol. The van der Waals surface area contributed by atoms with Gasteiger partial charge in [-0.05, 0) is 47.7 Å². The smallest absolute Gasteiger partial charge is 0.226 e. The normalized spacial score (nSPS) is 15.1. The number of ether oxygens (including phenoxy) is 1. The van der Waals surface area contributed by atoms with Crippen molar-refractivity contribution in [1.82, 2.24) is 4.90 Å². The van der Waals surface area contributed by atoms with Crippen LogP contribution in [-0.4, -0.2) is 23.3 Å². The Morgan fingerprint density at radius 2 is 1.78 bits per heavy atom. The Balaban J connectivity index is 1.51. The summed E-state index contributed by atoms with van der Waals surface area (Å²) in [6.07, 6.45) is 1.01. The maximum absolute atomic E-state index is 13.1. The van der Waals surface area contributed by atoms with Crippen LogP contribution in [0, 0.1) is 6.92 Å². The Hall–Kier alpha value is -3.60. The average Bonchev–Trinajstić information content (AvgIpc) is 2.80. The largest absolute Gasteiger partial charge is 0.487 e. The fourth-order valence-electron chi connectivity index (χ4n) is 4.21. The maximum atomic E-state index is 13.1. The van der Waals surface area contributed by atoms with Crippen molar-refractivity contribution in [1.29, 1.82) is 0 Å². The van der Waals surface area contributed by atoms with Gasteiger partial charge in [0.15, 0.2) is 0 Å². The first kappa shape index (κ1) is 21.6. The molecular formula is C27H28N2O3. The fourth-order valence-corrected chi connectivity index (χ4v) is 4.21. The SMILES string of the molecule is CC(=O)N1CCc2ccccc2C1CC(=O)Nc1ccc(C)cc1OCc1ccccc1. The molecule has 0 aliphatic carbocycles. The quantitative estimate of drug-likeness (QED) is 0.598. The highest BCUT2D eigenvalue weighted by Gasteiger charge is 2.30. The molecule has 5 nitrogen and oxygen atoms in total. The minimum atomic E-state index is -0.267. The summed E-state index contributed by atoms with van der Waals surface area (Å²) in [5.41, 5.74) is 4.99. The van der Waals surface area contributed by atoms with Crippen molar-refractivity contribution in [2.75, 3.05) is 11.9 Å². The topological polar surface area (TPSA) is 58.6 Å². The molecule has 0 saturated carbocycles. The lowest BCUT2D eigenvalue weighted by molar-refractivity contribution is -0.132. The molecule has 164 valence electrons. The molecular weight excluding hydrogens is 400 g/mol. The number of rotatable bonds is 6. The van der Waals surface area contributed by atoms with Crippen LogP contribution in [0.5, 0.6) is 5.75 Å². The predicted molar refractivity (Wildman–Crippen MR) is 125 cm³/mol. The molecule has 0 radical (unpaired) electrons. The first-order valence-corrected chi connectivity index (χ1v) is 10.9. The molecule has 1 atom stereocenters. The van der Waals surface area contributed by atoms with Gasteiger partial charge >= 0.3 is 0 Å². The Morgan fingerprint density at radius 3 is 2.56 bits per heavy atom. The van der Waals surface area contributed by atoms with Gasteiger partial charge in [0.05, 0.1) is 18.2 Å². The van der Waals surface area contributed by atoms with Gasteiger partial charge in [0.25, 0.3) is 0 Å². The lowest BCUT2D eigenvalue weighted by Gasteiger charge is -2.36. The van der Waals surface area contributed by atoms with E-state index in [1.54, 1.807) is 11.8 Å². The van der Waals surface area contributed by atoms with Crippen molar-refractivity contribution in [3.05, 3.63) is 95.1 Å². The zero-order valence-corrected chi connectivity index (χ0v) is 18.5. The predicted octanol–water partition coefficient (Wildman–Crippen LogP) is 5.05. The molecule has 4 rings (SSSR count). The van der Waals surface area contributed by atoms with Crippen molar-refractivity contribution >= 4 is 17.5 Å². The molecule has 3 aromatic rings. The molecule has 2 amide bonds. The van der Waals surface area contributed by atoms with Crippen LogP contribution in [0.25, 0.3) is 0 Å². The van der Waals surface area contributed by atoms with Crippen LogP contribution in [0.4, 0.5) is 5.69 Å². The van der Waals surface area contributed by atoms with E-state index in [2.05, 4.69) is 11.4 Å². The summed E-state index contributed by atoms with van der Waals surface area (Å²) in [6, 6.07) is 23.5. The van der Waals surface area contributed by atoms with E-state index >= 15 is 0 Å². The van der Waals surface area contributed by atoms with E-state index in [4.69, 9.17) is 4.74 Å². The number of hydrogen-bond acceptors (Lipinski definition) is 3. The number of nitrogens with one attached hydrogen (secondary N) is 1. The molecule has 0 aromatic heterocycles. The van der Waals surface area contributed by atoms with Gasteiger partial charge in [0.1, 0.15) is 12.4 Å². The lowest BCUT2D eigenvalue weighted by Crippen LogP contribution is -2.40. The number of aryl methyl sites for hydroxylation is 1. The first-order valence-electron chi connectivity index (χ1n) is 10.9. The van der Waals surface area contributed by atoms with Crippen molar-refractivity contribution in [3.8, 4) is 5.75 Å². The van der Waals surface area contributed by atoms with Gasteiger partial charge in [-0.2, -0.15) is 0 Å². The number of hydrogen-bond donors (Lipinski definition) is 1. The van der Waals surface area contributed by atoms with Crippen molar-refractivity contribution in [3.63, 3.8) is 0 Å². The van der Waals surface area contributed by atoms with Crippen LogP contribution in [0.2, 0.25) is 0 Å². The number of carbonyl (C=O) groups is 2. The summed E-state index contributed by atoms with van der Waals surface area (Å²) < 4.78 is 6.03. The van der Waals surface area contributed by atoms with Gasteiger partial charge < -0.3 is 15.0 Å². The monoisotopic (exact) mass is 428 g/mol. The number of fused-ring (bicyclic) bond motifs is 1. The molecule has 0 saturated heterocycles. The molecule has 1 N–H and O–H groups in total. The highest BCUT2D eigenvalue weighted by atomic mass is 16.5. The summed E-state index contributed by atoms with van der Waals surface area (Å²) in [6.45, 7) is 4.60. The standard InChI is InChI=1S/C27H28N2O3/c1-19-12-13-24(26(16-19)32-18-21-8-4-3-5-9-21)28-27(31)17-25-23-11-7-6-10-22(23)14-15-29(25)20(2)30/h3-13,16,25H,14-15,17-18H2,1-2H3,(H,28,31). The Labute approximate surface area is 189 Å². The molecule has 1 aliphatic heterocycles. The third-order valence-electron chi connectivity index (χ3n) is 5.84. The molecule has 0 spiro atoms. The third-order valence-corrected chi connectivity index (χ3v) is 5.84. The lowest BCUT2D eigenvalue weighted by atomic mass is 9.90. The molecule has 3 aromatic carbocycles. The summed E-state index contributed by atoms with van der Waals surface area (Å²) in [5, 5.41) is 3.01.